The van der Waals surface area contributed by atoms with Crippen molar-refractivity contribution in [2.45, 2.75) is 38.7 Å². The molecule has 0 spiro atoms. The maximum Gasteiger partial charge on any atom is 0.135 e. The van der Waals surface area contributed by atoms with Crippen LogP contribution in [0.5, 0.6) is 0 Å². The Morgan fingerprint density at radius 3 is 2.70 bits per heavy atom. The lowest BCUT2D eigenvalue weighted by Gasteiger charge is -2.30. The summed E-state index contributed by atoms with van der Waals surface area (Å²) >= 11 is 0. The Labute approximate surface area is 61.2 Å². The Balaban J connectivity index is 2.57. The fraction of sp³-hybridized carbons (Fsp3) is 0.875. The van der Waals surface area contributed by atoms with E-state index in [1.54, 1.807) is 6.92 Å². The fourth-order valence-corrected chi connectivity index (χ4v) is 1.51. The second kappa shape index (κ2) is 2.35. The molecule has 0 heterocycles. The number of carbonyl (C=O) groups is 1. The predicted octanol–water partition coefficient (Wildman–Crippen LogP) is 1.13. The van der Waals surface area contributed by atoms with E-state index in [0.29, 0.717) is 25.0 Å². The normalized spacial score (nSPS) is 41.9. The first-order chi connectivity index (χ1) is 4.51. The van der Waals surface area contributed by atoms with Crippen LogP contribution in [-0.2, 0) is 4.79 Å². The number of ketones is 1. The third kappa shape index (κ3) is 1.57. The third-order valence-electron chi connectivity index (χ3n) is 2.21. The van der Waals surface area contributed by atoms with E-state index in [9.17, 15) is 9.90 Å². The molecule has 2 atom stereocenters. The predicted molar refractivity (Wildman–Crippen MR) is 38.6 cm³/mol. The molecule has 58 valence electrons. The van der Waals surface area contributed by atoms with Gasteiger partial charge in [-0.2, -0.15) is 0 Å². The molecule has 2 heteroatoms. The highest BCUT2D eigenvalue weighted by Gasteiger charge is 2.32. The summed E-state index contributed by atoms with van der Waals surface area (Å²) in [7, 11) is 0. The quantitative estimate of drug-likeness (QED) is 0.550. The van der Waals surface area contributed by atoms with Crippen molar-refractivity contribution in [1.82, 2.24) is 0 Å². The number of Topliss-reactive ketones (excluding diaryl/α,β-unsaturated/α-hetero) is 1. The van der Waals surface area contributed by atoms with E-state index in [1.807, 2.05) is 6.92 Å². The zero-order valence-corrected chi connectivity index (χ0v) is 6.55. The number of carbonyl (C=O) groups excluding carboxylic acids is 1. The topological polar surface area (TPSA) is 37.3 Å². The van der Waals surface area contributed by atoms with Gasteiger partial charge >= 0.3 is 0 Å². The van der Waals surface area contributed by atoms with Gasteiger partial charge in [-0.3, -0.25) is 4.79 Å². The highest BCUT2D eigenvalue weighted by Crippen LogP contribution is 2.28. The average molecular weight is 142 g/mol. The minimum Gasteiger partial charge on any atom is -0.390 e. The van der Waals surface area contributed by atoms with Crippen LogP contribution in [0.1, 0.15) is 33.1 Å². The lowest BCUT2D eigenvalue weighted by molar-refractivity contribution is -0.129. The molecule has 10 heavy (non-hydrogen) atoms. The molecule has 2 nitrogen and oxygen atoms in total. The van der Waals surface area contributed by atoms with E-state index in [2.05, 4.69) is 0 Å². The van der Waals surface area contributed by atoms with Crippen LogP contribution in [-0.4, -0.2) is 16.5 Å². The van der Waals surface area contributed by atoms with E-state index < -0.39 is 5.60 Å². The monoisotopic (exact) mass is 142 g/mol. The van der Waals surface area contributed by atoms with Crippen molar-refractivity contribution in [3.8, 4) is 0 Å². The maximum absolute atomic E-state index is 11.0. The Bertz CT molecular complexity index is 149. The molecular weight excluding hydrogens is 128 g/mol. The van der Waals surface area contributed by atoms with Crippen LogP contribution in [0.25, 0.3) is 0 Å². The van der Waals surface area contributed by atoms with Crippen molar-refractivity contribution in [3.63, 3.8) is 0 Å². The van der Waals surface area contributed by atoms with Crippen molar-refractivity contribution in [3.05, 3.63) is 0 Å². The third-order valence-corrected chi connectivity index (χ3v) is 2.21. The fourth-order valence-electron chi connectivity index (χ4n) is 1.51. The van der Waals surface area contributed by atoms with Crippen LogP contribution in [0.15, 0.2) is 0 Å². The van der Waals surface area contributed by atoms with E-state index in [0.717, 1.165) is 0 Å². The van der Waals surface area contributed by atoms with Gasteiger partial charge in [0.25, 0.3) is 0 Å². The summed E-state index contributed by atoms with van der Waals surface area (Å²) in [6.45, 7) is 3.69. The molecule has 1 saturated carbocycles. The van der Waals surface area contributed by atoms with Crippen LogP contribution < -0.4 is 0 Å². The molecule has 0 aromatic heterocycles. The van der Waals surface area contributed by atoms with Gasteiger partial charge in [-0.1, -0.05) is 6.92 Å². The van der Waals surface area contributed by atoms with Gasteiger partial charge in [0.2, 0.25) is 0 Å². The molecule has 1 aliphatic rings. The van der Waals surface area contributed by atoms with Gasteiger partial charge in [0.05, 0.1) is 5.60 Å². The van der Waals surface area contributed by atoms with Crippen molar-refractivity contribution >= 4 is 5.78 Å². The van der Waals surface area contributed by atoms with Crippen LogP contribution in [0.4, 0.5) is 0 Å². The number of hydrogen-bond acceptors (Lipinski definition) is 2. The highest BCUT2D eigenvalue weighted by molar-refractivity contribution is 5.81. The van der Waals surface area contributed by atoms with Gasteiger partial charge < -0.3 is 5.11 Å². The summed E-state index contributed by atoms with van der Waals surface area (Å²) in [5.41, 5.74) is -0.590. The molecule has 1 aliphatic carbocycles. The number of rotatable bonds is 0. The average Bonchev–Trinajstić information content (AvgIpc) is 1.79. The first-order valence-corrected chi connectivity index (χ1v) is 3.76. The van der Waals surface area contributed by atoms with Crippen molar-refractivity contribution in [2.24, 2.45) is 5.92 Å². The van der Waals surface area contributed by atoms with Crippen LogP contribution in [0, 0.1) is 5.92 Å². The van der Waals surface area contributed by atoms with Gasteiger partial charge in [0.1, 0.15) is 5.78 Å². The molecular formula is C8H14O2. The van der Waals surface area contributed by atoms with Crippen LogP contribution >= 0.6 is 0 Å². The van der Waals surface area contributed by atoms with E-state index in [4.69, 9.17) is 0 Å². The van der Waals surface area contributed by atoms with Gasteiger partial charge in [-0.05, 0) is 19.8 Å². The molecule has 0 aromatic rings. The summed E-state index contributed by atoms with van der Waals surface area (Å²) in [4.78, 5) is 11.0. The molecule has 0 unspecified atom stereocenters. The number of hydrogen-bond donors (Lipinski definition) is 1. The Morgan fingerprint density at radius 2 is 2.30 bits per heavy atom. The molecule has 0 saturated heterocycles. The number of aliphatic hydroxyl groups is 1. The molecule has 0 radical (unpaired) electrons. The molecule has 1 rings (SSSR count). The molecule has 0 bridgehead atoms. The molecule has 1 fully saturated rings. The van der Waals surface area contributed by atoms with Crippen molar-refractivity contribution in [1.29, 1.82) is 0 Å². The minimum absolute atomic E-state index is 0.0590. The van der Waals surface area contributed by atoms with Crippen LogP contribution in [0.2, 0.25) is 0 Å². The van der Waals surface area contributed by atoms with Crippen molar-refractivity contribution in [2.75, 3.05) is 0 Å². The molecule has 0 aliphatic heterocycles. The summed E-state index contributed by atoms with van der Waals surface area (Å²) in [6.07, 6.45) is 1.82. The summed E-state index contributed by atoms with van der Waals surface area (Å²) in [6, 6.07) is 0. The summed E-state index contributed by atoms with van der Waals surface area (Å²) in [5.74, 6) is 0.357. The SMILES string of the molecule is C[C@@H]1C[C@](C)(O)CCC1=O. The lowest BCUT2D eigenvalue weighted by atomic mass is 9.79. The first kappa shape index (κ1) is 7.73. The van der Waals surface area contributed by atoms with E-state index in [1.165, 1.54) is 0 Å². The largest absolute Gasteiger partial charge is 0.390 e. The minimum atomic E-state index is -0.590. The Kier molecular flexibility index (Phi) is 1.82. The second-order valence-electron chi connectivity index (χ2n) is 3.57. The second-order valence-corrected chi connectivity index (χ2v) is 3.57. The summed E-state index contributed by atoms with van der Waals surface area (Å²) < 4.78 is 0. The highest BCUT2D eigenvalue weighted by atomic mass is 16.3. The molecule has 0 aromatic carbocycles. The molecule has 0 amide bonds. The smallest absolute Gasteiger partial charge is 0.135 e. The summed E-state index contributed by atoms with van der Waals surface area (Å²) in [5, 5.41) is 9.51. The standard InChI is InChI=1S/C8H14O2/c1-6-5-8(2,10)4-3-7(6)9/h6,10H,3-5H2,1-2H3/t6-,8-/m1/s1. The van der Waals surface area contributed by atoms with Gasteiger partial charge in [0.15, 0.2) is 0 Å². The zero-order valence-electron chi connectivity index (χ0n) is 6.55. The van der Waals surface area contributed by atoms with Gasteiger partial charge in [-0.25, -0.2) is 0 Å². The lowest BCUT2D eigenvalue weighted by Crippen LogP contribution is -2.35. The first-order valence-electron chi connectivity index (χ1n) is 3.76. The van der Waals surface area contributed by atoms with Crippen LogP contribution in [0.3, 0.4) is 0 Å². The maximum atomic E-state index is 11.0. The molecule has 1 N–H and O–H groups in total. The zero-order chi connectivity index (χ0) is 7.78. The van der Waals surface area contributed by atoms with E-state index in [-0.39, 0.29) is 5.92 Å². The van der Waals surface area contributed by atoms with Gasteiger partial charge in [0, 0.05) is 12.3 Å². The Morgan fingerprint density at radius 1 is 1.70 bits per heavy atom. The van der Waals surface area contributed by atoms with Crippen molar-refractivity contribution < 1.29 is 9.90 Å². The van der Waals surface area contributed by atoms with E-state index >= 15 is 0 Å². The Hall–Kier alpha value is -0.370. The van der Waals surface area contributed by atoms with Gasteiger partial charge in [-0.15, -0.1) is 0 Å².